The molecule has 5 rings (SSSR count). The number of likely N-dealkylation sites (tertiary alicyclic amines) is 1. The maximum absolute atomic E-state index is 13.2. The molecule has 0 spiro atoms. The maximum atomic E-state index is 13.2. The zero-order valence-corrected chi connectivity index (χ0v) is 16.9. The molecule has 26 heavy (non-hydrogen) atoms. The minimum atomic E-state index is -0.0477. The summed E-state index contributed by atoms with van der Waals surface area (Å²) in [7, 11) is 0. The quantitative estimate of drug-likeness (QED) is 0.833. The molecule has 4 heteroatoms. The van der Waals surface area contributed by atoms with Crippen LogP contribution in [0, 0.1) is 28.6 Å². The molecule has 4 nitrogen and oxygen atoms in total. The molecule has 4 saturated carbocycles. The Balaban J connectivity index is 1.30. The Kier molecular flexibility index (Phi) is 4.60. The van der Waals surface area contributed by atoms with E-state index in [0.717, 1.165) is 62.9 Å². The molecule has 1 saturated heterocycles. The predicted octanol–water partition coefficient (Wildman–Crippen LogP) is 3.75. The van der Waals surface area contributed by atoms with Crippen LogP contribution in [0.5, 0.6) is 0 Å². The van der Waals surface area contributed by atoms with Crippen LogP contribution >= 0.6 is 0 Å². The largest absolute Gasteiger partial charge is 0.353 e. The maximum Gasteiger partial charge on any atom is 0.226 e. The molecule has 0 radical (unpaired) electrons. The van der Waals surface area contributed by atoms with E-state index in [2.05, 4.69) is 26.1 Å². The first-order valence-corrected chi connectivity index (χ1v) is 10.8. The van der Waals surface area contributed by atoms with E-state index >= 15 is 0 Å². The molecule has 0 aromatic carbocycles. The van der Waals surface area contributed by atoms with Crippen molar-refractivity contribution in [3.63, 3.8) is 0 Å². The molecule has 5 fully saturated rings. The van der Waals surface area contributed by atoms with Crippen LogP contribution < -0.4 is 5.32 Å². The minimum absolute atomic E-state index is 0.0423. The zero-order chi connectivity index (χ0) is 18.5. The molecule has 1 N–H and O–H groups in total. The van der Waals surface area contributed by atoms with E-state index in [9.17, 15) is 9.59 Å². The van der Waals surface area contributed by atoms with Crippen LogP contribution in [0.2, 0.25) is 0 Å². The molecule has 4 aliphatic carbocycles. The van der Waals surface area contributed by atoms with Crippen LogP contribution in [0.1, 0.15) is 78.6 Å². The van der Waals surface area contributed by atoms with E-state index < -0.39 is 0 Å². The van der Waals surface area contributed by atoms with Crippen molar-refractivity contribution in [1.82, 2.24) is 10.2 Å². The van der Waals surface area contributed by atoms with E-state index in [1.807, 2.05) is 4.90 Å². The van der Waals surface area contributed by atoms with Gasteiger partial charge in [0, 0.05) is 31.0 Å². The summed E-state index contributed by atoms with van der Waals surface area (Å²) in [6.07, 6.45) is 9.96. The average Bonchev–Trinajstić information content (AvgIpc) is 2.52. The fraction of sp³-hybridized carbons (Fsp3) is 0.909. The van der Waals surface area contributed by atoms with Gasteiger partial charge in [0.05, 0.1) is 0 Å². The Morgan fingerprint density at radius 2 is 1.46 bits per heavy atom. The van der Waals surface area contributed by atoms with Crippen LogP contribution in [-0.2, 0) is 9.59 Å². The summed E-state index contributed by atoms with van der Waals surface area (Å²) in [5.74, 6) is 3.04. The lowest BCUT2D eigenvalue weighted by molar-refractivity contribution is -0.147. The summed E-state index contributed by atoms with van der Waals surface area (Å²) in [6.45, 7) is 7.93. The smallest absolute Gasteiger partial charge is 0.226 e. The van der Waals surface area contributed by atoms with Gasteiger partial charge in [-0.2, -0.15) is 0 Å². The van der Waals surface area contributed by atoms with Gasteiger partial charge in [-0.15, -0.1) is 0 Å². The molecule has 4 bridgehead atoms. The van der Waals surface area contributed by atoms with Crippen molar-refractivity contribution < 1.29 is 9.59 Å². The van der Waals surface area contributed by atoms with Gasteiger partial charge in [-0.3, -0.25) is 9.59 Å². The van der Waals surface area contributed by atoms with Crippen LogP contribution in [0.25, 0.3) is 0 Å². The molecule has 0 aromatic heterocycles. The average molecular weight is 361 g/mol. The number of nitrogens with zero attached hydrogens (tertiary/aromatic N) is 1. The third-order valence-corrected chi connectivity index (χ3v) is 7.38. The number of hydrogen-bond donors (Lipinski definition) is 1. The topological polar surface area (TPSA) is 49.4 Å². The first-order chi connectivity index (χ1) is 12.2. The van der Waals surface area contributed by atoms with E-state index in [1.54, 1.807) is 0 Å². The highest BCUT2D eigenvalue weighted by molar-refractivity contribution is 5.83. The first kappa shape index (κ1) is 18.3. The van der Waals surface area contributed by atoms with Crippen molar-refractivity contribution >= 4 is 11.8 Å². The SMILES string of the molecule is CC(C)(C)CC(=O)N1CCC(NC(=O)C23CC4CC(CC(C4)C2)C3)CC1. The summed E-state index contributed by atoms with van der Waals surface area (Å²) in [4.78, 5) is 27.6. The Labute approximate surface area is 158 Å². The molecule has 0 unspecified atom stereocenters. The summed E-state index contributed by atoms with van der Waals surface area (Å²) >= 11 is 0. The van der Waals surface area contributed by atoms with Gasteiger partial charge in [-0.25, -0.2) is 0 Å². The Morgan fingerprint density at radius 3 is 1.92 bits per heavy atom. The predicted molar refractivity (Wildman–Crippen MR) is 102 cm³/mol. The van der Waals surface area contributed by atoms with Gasteiger partial charge in [0.1, 0.15) is 0 Å². The third kappa shape index (κ3) is 3.66. The lowest BCUT2D eigenvalue weighted by atomic mass is 9.49. The molecular weight excluding hydrogens is 324 g/mol. The Bertz CT molecular complexity index is 534. The van der Waals surface area contributed by atoms with Crippen molar-refractivity contribution in [1.29, 1.82) is 0 Å². The molecule has 0 aromatic rings. The molecule has 1 heterocycles. The van der Waals surface area contributed by atoms with Crippen molar-refractivity contribution in [2.45, 2.75) is 84.6 Å². The monoisotopic (exact) mass is 360 g/mol. The fourth-order valence-corrected chi connectivity index (χ4v) is 6.57. The van der Waals surface area contributed by atoms with Gasteiger partial charge in [-0.1, -0.05) is 20.8 Å². The van der Waals surface area contributed by atoms with Crippen LogP contribution in [0.15, 0.2) is 0 Å². The van der Waals surface area contributed by atoms with E-state index in [4.69, 9.17) is 0 Å². The van der Waals surface area contributed by atoms with E-state index in [-0.39, 0.29) is 22.8 Å². The van der Waals surface area contributed by atoms with E-state index in [1.165, 1.54) is 19.3 Å². The number of piperidine rings is 1. The molecule has 0 atom stereocenters. The van der Waals surface area contributed by atoms with Crippen molar-refractivity contribution in [3.8, 4) is 0 Å². The third-order valence-electron chi connectivity index (χ3n) is 7.38. The van der Waals surface area contributed by atoms with Crippen LogP contribution in [-0.4, -0.2) is 35.8 Å². The van der Waals surface area contributed by atoms with Gasteiger partial charge in [0.15, 0.2) is 0 Å². The number of carbonyl (C=O) groups excluding carboxylic acids is 2. The number of nitrogens with one attached hydrogen (secondary N) is 1. The normalized spacial score (nSPS) is 37.0. The first-order valence-electron chi connectivity index (χ1n) is 10.8. The molecular formula is C22H36N2O2. The minimum Gasteiger partial charge on any atom is -0.353 e. The highest BCUT2D eigenvalue weighted by Gasteiger charge is 2.54. The van der Waals surface area contributed by atoms with Gasteiger partial charge in [-0.05, 0) is 74.5 Å². The number of amides is 2. The molecule has 5 aliphatic rings. The highest BCUT2D eigenvalue weighted by atomic mass is 16.2. The summed E-state index contributed by atoms with van der Waals surface area (Å²) in [5.41, 5.74) is -0.00536. The van der Waals surface area contributed by atoms with Crippen LogP contribution in [0.4, 0.5) is 0 Å². The van der Waals surface area contributed by atoms with Crippen LogP contribution in [0.3, 0.4) is 0 Å². The van der Waals surface area contributed by atoms with Crippen molar-refractivity contribution in [2.75, 3.05) is 13.1 Å². The second-order valence-electron chi connectivity index (χ2n) is 11.1. The Morgan fingerprint density at radius 1 is 0.962 bits per heavy atom. The van der Waals surface area contributed by atoms with E-state index in [0.29, 0.717) is 12.3 Å². The number of rotatable bonds is 3. The second kappa shape index (κ2) is 6.53. The lowest BCUT2D eigenvalue weighted by Gasteiger charge is -2.56. The highest BCUT2D eigenvalue weighted by Crippen LogP contribution is 2.60. The molecule has 1 aliphatic heterocycles. The fourth-order valence-electron chi connectivity index (χ4n) is 6.57. The lowest BCUT2D eigenvalue weighted by Crippen LogP contribution is -2.56. The van der Waals surface area contributed by atoms with Gasteiger partial charge in [0.25, 0.3) is 0 Å². The summed E-state index contributed by atoms with van der Waals surface area (Å²) < 4.78 is 0. The van der Waals surface area contributed by atoms with Crippen molar-refractivity contribution in [2.24, 2.45) is 28.6 Å². The van der Waals surface area contributed by atoms with Crippen molar-refractivity contribution in [3.05, 3.63) is 0 Å². The summed E-state index contributed by atoms with van der Waals surface area (Å²) in [6, 6.07) is 0.259. The van der Waals surface area contributed by atoms with Gasteiger partial charge in [0.2, 0.25) is 11.8 Å². The number of hydrogen-bond acceptors (Lipinski definition) is 2. The molecule has 2 amide bonds. The summed E-state index contributed by atoms with van der Waals surface area (Å²) in [5, 5.41) is 3.41. The molecule has 146 valence electrons. The number of carbonyl (C=O) groups is 2. The second-order valence-corrected chi connectivity index (χ2v) is 11.1. The van der Waals surface area contributed by atoms with Gasteiger partial charge < -0.3 is 10.2 Å². The van der Waals surface area contributed by atoms with Gasteiger partial charge >= 0.3 is 0 Å². The zero-order valence-electron chi connectivity index (χ0n) is 16.9. The Hall–Kier alpha value is -1.06. The standard InChI is InChI=1S/C22H36N2O2/c1-21(2,3)14-19(25)24-6-4-18(5-7-24)23-20(26)22-11-15-8-16(12-22)10-17(9-15)13-22/h15-18H,4-14H2,1-3H3,(H,23,26).